The zero-order valence-electron chi connectivity index (χ0n) is 11.9. The van der Waals surface area contributed by atoms with Crippen LogP contribution in [0.25, 0.3) is 10.9 Å². The first-order chi connectivity index (χ1) is 11.5. The highest BCUT2D eigenvalue weighted by molar-refractivity contribution is 5.94. The fourth-order valence-electron chi connectivity index (χ4n) is 2.17. The molecule has 0 fully saturated rings. The van der Waals surface area contributed by atoms with Crippen LogP contribution in [0.1, 0.15) is 0 Å². The SMILES string of the molecule is O=[N+]([O-])c1ccc(N=Nc2c(O)[nH]c3ccccc23)c([N+](=O)[O-])c1. The van der Waals surface area contributed by atoms with Crippen LogP contribution in [-0.2, 0) is 0 Å². The fourth-order valence-corrected chi connectivity index (χ4v) is 2.17. The monoisotopic (exact) mass is 327 g/mol. The van der Waals surface area contributed by atoms with Crippen LogP contribution in [0, 0.1) is 20.2 Å². The average molecular weight is 327 g/mol. The van der Waals surface area contributed by atoms with E-state index < -0.39 is 21.2 Å². The molecule has 2 aromatic carbocycles. The number of aromatic amines is 1. The minimum atomic E-state index is -0.781. The van der Waals surface area contributed by atoms with Gasteiger partial charge in [0.25, 0.3) is 5.69 Å². The van der Waals surface area contributed by atoms with E-state index in [1.54, 1.807) is 24.3 Å². The summed E-state index contributed by atoms with van der Waals surface area (Å²) in [6.45, 7) is 0. The Morgan fingerprint density at radius 2 is 1.75 bits per heavy atom. The van der Waals surface area contributed by atoms with E-state index in [-0.39, 0.29) is 17.3 Å². The molecule has 24 heavy (non-hydrogen) atoms. The molecule has 120 valence electrons. The fraction of sp³-hybridized carbons (Fsp3) is 0. The van der Waals surface area contributed by atoms with Gasteiger partial charge in [0, 0.05) is 11.5 Å². The van der Waals surface area contributed by atoms with E-state index in [4.69, 9.17) is 0 Å². The van der Waals surface area contributed by atoms with Gasteiger partial charge in [-0.3, -0.25) is 20.2 Å². The van der Waals surface area contributed by atoms with Gasteiger partial charge in [0.15, 0.2) is 11.4 Å². The molecule has 3 rings (SSSR count). The minimum absolute atomic E-state index is 0.123. The predicted octanol–water partition coefficient (Wildman–Crippen LogP) is 4.11. The van der Waals surface area contributed by atoms with Gasteiger partial charge in [-0.2, -0.15) is 0 Å². The molecule has 0 saturated carbocycles. The molecule has 0 bridgehead atoms. The number of azo groups is 1. The number of aromatic nitrogens is 1. The Balaban J connectivity index is 2.07. The second kappa shape index (κ2) is 5.76. The first-order valence-electron chi connectivity index (χ1n) is 6.61. The standard InChI is InChI=1S/C14H9N5O5/c20-14-13(9-3-1-2-4-10(9)15-14)17-16-11-6-5-8(18(21)22)7-12(11)19(23)24/h1-7,15,20H. The number of nitro benzene ring substituents is 2. The molecule has 0 aliphatic heterocycles. The van der Waals surface area contributed by atoms with Crippen molar-refractivity contribution < 1.29 is 15.0 Å². The molecule has 10 nitrogen and oxygen atoms in total. The summed E-state index contributed by atoms with van der Waals surface area (Å²) in [4.78, 5) is 23.0. The first kappa shape index (κ1) is 15.1. The third kappa shape index (κ3) is 2.63. The Bertz CT molecular complexity index is 994. The van der Waals surface area contributed by atoms with E-state index in [0.29, 0.717) is 10.9 Å². The topological polar surface area (TPSA) is 147 Å². The molecule has 10 heteroatoms. The summed E-state index contributed by atoms with van der Waals surface area (Å²) in [6.07, 6.45) is 0. The Hall–Kier alpha value is -3.82. The number of rotatable bonds is 4. The molecular formula is C14H9N5O5. The maximum absolute atomic E-state index is 11.1. The molecule has 0 amide bonds. The van der Waals surface area contributed by atoms with Gasteiger partial charge >= 0.3 is 5.69 Å². The number of hydrogen-bond acceptors (Lipinski definition) is 7. The summed E-state index contributed by atoms with van der Waals surface area (Å²) in [5.74, 6) is -0.232. The van der Waals surface area contributed by atoms with Crippen molar-refractivity contribution in [3.63, 3.8) is 0 Å². The normalized spacial score (nSPS) is 11.2. The molecule has 0 radical (unpaired) electrons. The van der Waals surface area contributed by atoms with Crippen molar-refractivity contribution in [2.24, 2.45) is 10.2 Å². The zero-order valence-corrected chi connectivity index (χ0v) is 11.9. The third-order valence-electron chi connectivity index (χ3n) is 3.28. The smallest absolute Gasteiger partial charge is 0.303 e. The van der Waals surface area contributed by atoms with Crippen LogP contribution < -0.4 is 0 Å². The molecule has 0 atom stereocenters. The number of benzene rings is 2. The van der Waals surface area contributed by atoms with Crippen molar-refractivity contribution in [3.8, 4) is 5.88 Å². The summed E-state index contributed by atoms with van der Waals surface area (Å²) >= 11 is 0. The predicted molar refractivity (Wildman–Crippen MR) is 83.9 cm³/mol. The van der Waals surface area contributed by atoms with Gasteiger partial charge < -0.3 is 10.1 Å². The quantitative estimate of drug-likeness (QED) is 0.420. The molecule has 1 aromatic heterocycles. The number of H-pyrrole nitrogens is 1. The average Bonchev–Trinajstić information content (AvgIpc) is 2.87. The van der Waals surface area contributed by atoms with Gasteiger partial charge in [0.1, 0.15) is 0 Å². The summed E-state index contributed by atoms with van der Waals surface area (Å²) in [6, 6.07) is 9.96. The maximum atomic E-state index is 11.1. The second-order valence-electron chi connectivity index (χ2n) is 4.76. The van der Waals surface area contributed by atoms with Gasteiger partial charge in [0.2, 0.25) is 5.88 Å². The maximum Gasteiger partial charge on any atom is 0.303 e. The number of hydrogen-bond donors (Lipinski definition) is 2. The molecule has 0 aliphatic rings. The number of fused-ring (bicyclic) bond motifs is 1. The molecule has 0 aliphatic carbocycles. The Kier molecular flexibility index (Phi) is 3.62. The van der Waals surface area contributed by atoms with Crippen molar-refractivity contribution in [1.82, 2.24) is 4.98 Å². The lowest BCUT2D eigenvalue weighted by Crippen LogP contribution is -1.92. The molecule has 0 spiro atoms. The molecular weight excluding hydrogens is 318 g/mol. The molecule has 0 saturated heterocycles. The van der Waals surface area contributed by atoms with Crippen molar-refractivity contribution in [2.75, 3.05) is 0 Å². The van der Waals surface area contributed by atoms with Gasteiger partial charge in [0.05, 0.1) is 21.4 Å². The number of non-ortho nitro benzene ring substituents is 1. The highest BCUT2D eigenvalue weighted by atomic mass is 16.6. The van der Waals surface area contributed by atoms with Gasteiger partial charge in [-0.1, -0.05) is 18.2 Å². The van der Waals surface area contributed by atoms with E-state index >= 15 is 0 Å². The van der Waals surface area contributed by atoms with E-state index in [1.165, 1.54) is 0 Å². The molecule has 1 heterocycles. The lowest BCUT2D eigenvalue weighted by molar-refractivity contribution is -0.393. The van der Waals surface area contributed by atoms with Crippen molar-refractivity contribution in [2.45, 2.75) is 0 Å². The third-order valence-corrected chi connectivity index (χ3v) is 3.28. The van der Waals surface area contributed by atoms with Gasteiger partial charge in [-0.05, 0) is 12.1 Å². The number of nitrogens with zero attached hydrogens (tertiary/aromatic N) is 4. The van der Waals surface area contributed by atoms with Crippen LogP contribution in [0.2, 0.25) is 0 Å². The molecule has 3 aromatic rings. The van der Waals surface area contributed by atoms with Crippen LogP contribution in [0.4, 0.5) is 22.7 Å². The van der Waals surface area contributed by atoms with Crippen LogP contribution in [0.3, 0.4) is 0 Å². The van der Waals surface area contributed by atoms with Crippen LogP contribution in [0.5, 0.6) is 5.88 Å². The van der Waals surface area contributed by atoms with Crippen LogP contribution in [0.15, 0.2) is 52.7 Å². The first-order valence-corrected chi connectivity index (χ1v) is 6.61. The Labute approximate surface area is 133 Å². The number of para-hydroxylation sites is 1. The minimum Gasteiger partial charge on any atom is -0.493 e. The highest BCUT2D eigenvalue weighted by Crippen LogP contribution is 2.38. The zero-order chi connectivity index (χ0) is 17.3. The largest absolute Gasteiger partial charge is 0.493 e. The van der Waals surface area contributed by atoms with Crippen molar-refractivity contribution in [3.05, 3.63) is 62.7 Å². The highest BCUT2D eigenvalue weighted by Gasteiger charge is 2.20. The number of nitro groups is 2. The number of nitrogens with one attached hydrogen (secondary N) is 1. The number of aromatic hydroxyl groups is 1. The van der Waals surface area contributed by atoms with E-state index in [1.807, 2.05) is 0 Å². The molecule has 2 N–H and O–H groups in total. The van der Waals surface area contributed by atoms with Crippen molar-refractivity contribution in [1.29, 1.82) is 0 Å². The van der Waals surface area contributed by atoms with Crippen LogP contribution >= 0.6 is 0 Å². The summed E-state index contributed by atoms with van der Waals surface area (Å²) in [7, 11) is 0. The lowest BCUT2D eigenvalue weighted by atomic mass is 10.2. The second-order valence-corrected chi connectivity index (χ2v) is 4.76. The van der Waals surface area contributed by atoms with E-state index in [0.717, 1.165) is 18.2 Å². The summed E-state index contributed by atoms with van der Waals surface area (Å²) < 4.78 is 0. The lowest BCUT2D eigenvalue weighted by Gasteiger charge is -1.97. The Morgan fingerprint density at radius 1 is 1.00 bits per heavy atom. The van der Waals surface area contributed by atoms with Crippen LogP contribution in [-0.4, -0.2) is 19.9 Å². The molecule has 0 unspecified atom stereocenters. The van der Waals surface area contributed by atoms with Crippen molar-refractivity contribution >= 4 is 33.7 Å². The van der Waals surface area contributed by atoms with Gasteiger partial charge in [-0.15, -0.1) is 10.2 Å². The Morgan fingerprint density at radius 3 is 2.46 bits per heavy atom. The van der Waals surface area contributed by atoms with E-state index in [9.17, 15) is 25.3 Å². The van der Waals surface area contributed by atoms with E-state index in [2.05, 4.69) is 15.2 Å². The summed E-state index contributed by atoms with van der Waals surface area (Å²) in [5.41, 5.74) is -0.376. The summed E-state index contributed by atoms with van der Waals surface area (Å²) in [5, 5.41) is 39.9. The van der Waals surface area contributed by atoms with Gasteiger partial charge in [-0.25, -0.2) is 0 Å².